The molecular formula is C13H19IrN3O. The van der Waals surface area contributed by atoms with Crippen molar-refractivity contribution < 1.29 is 25.2 Å². The van der Waals surface area contributed by atoms with Crippen LogP contribution in [0.3, 0.4) is 0 Å². The first kappa shape index (κ1) is 15.1. The van der Waals surface area contributed by atoms with E-state index in [9.17, 15) is 5.11 Å². The zero-order valence-corrected chi connectivity index (χ0v) is 13.6. The minimum Gasteiger partial charge on any atom is -0.507 e. The molecule has 0 amide bonds. The third-order valence-electron chi connectivity index (χ3n) is 3.35. The Hall–Kier alpha value is -0.931. The molecule has 0 unspecified atom stereocenters. The minimum absolute atomic E-state index is 0. The molecule has 0 spiro atoms. The summed E-state index contributed by atoms with van der Waals surface area (Å²) in [6.45, 7) is 7.98. The summed E-state index contributed by atoms with van der Waals surface area (Å²) in [5, 5.41) is 14.6. The van der Waals surface area contributed by atoms with Gasteiger partial charge >= 0.3 is 0 Å². The van der Waals surface area contributed by atoms with E-state index in [-0.39, 0.29) is 25.5 Å². The van der Waals surface area contributed by atoms with Crippen molar-refractivity contribution in [2.45, 2.75) is 40.5 Å². The van der Waals surface area contributed by atoms with Gasteiger partial charge in [0.2, 0.25) is 0 Å². The van der Waals surface area contributed by atoms with Crippen LogP contribution in [-0.4, -0.2) is 20.6 Å². The van der Waals surface area contributed by atoms with Crippen molar-refractivity contribution in [3.8, 4) is 0 Å². The molecule has 0 aliphatic carbocycles. The summed E-state index contributed by atoms with van der Waals surface area (Å²) < 4.78 is 1.67. The fourth-order valence-corrected chi connectivity index (χ4v) is 1.83. The molecule has 0 saturated carbocycles. The SMILES string of the molecule is CCCc1ccn(C2=C(O)C(C)(C)C(C)=N2)n1.[Ir]. The Morgan fingerprint density at radius 3 is 2.56 bits per heavy atom. The molecule has 0 atom stereocenters. The second kappa shape index (κ2) is 5.37. The molecule has 1 aliphatic heterocycles. The van der Waals surface area contributed by atoms with Gasteiger partial charge in [-0.25, -0.2) is 9.67 Å². The third kappa shape index (κ3) is 2.43. The summed E-state index contributed by atoms with van der Waals surface area (Å²) in [6, 6.07) is 1.97. The molecule has 1 aromatic heterocycles. The number of rotatable bonds is 3. The van der Waals surface area contributed by atoms with Gasteiger partial charge in [-0.1, -0.05) is 13.3 Å². The fraction of sp³-hybridized carbons (Fsp3) is 0.538. The van der Waals surface area contributed by atoms with Crippen LogP contribution >= 0.6 is 0 Å². The van der Waals surface area contributed by atoms with E-state index >= 15 is 0 Å². The molecule has 5 heteroatoms. The van der Waals surface area contributed by atoms with E-state index in [2.05, 4.69) is 17.0 Å². The molecule has 2 heterocycles. The molecule has 0 bridgehead atoms. The van der Waals surface area contributed by atoms with Crippen molar-refractivity contribution >= 4 is 11.5 Å². The molecule has 101 valence electrons. The summed E-state index contributed by atoms with van der Waals surface area (Å²) in [7, 11) is 0. The van der Waals surface area contributed by atoms with Crippen LogP contribution in [0.15, 0.2) is 23.0 Å². The molecule has 2 rings (SSSR count). The van der Waals surface area contributed by atoms with Crippen LogP contribution in [-0.2, 0) is 26.5 Å². The van der Waals surface area contributed by atoms with E-state index < -0.39 is 0 Å². The smallest absolute Gasteiger partial charge is 0.192 e. The molecule has 0 saturated heterocycles. The molecule has 4 nitrogen and oxygen atoms in total. The zero-order valence-electron chi connectivity index (χ0n) is 11.2. The summed E-state index contributed by atoms with van der Waals surface area (Å²) in [5.74, 6) is 0.844. The molecule has 1 radical (unpaired) electrons. The van der Waals surface area contributed by atoms with E-state index in [1.54, 1.807) is 4.68 Å². The van der Waals surface area contributed by atoms with Crippen LogP contribution in [0.25, 0.3) is 5.82 Å². The minimum atomic E-state index is -0.383. The van der Waals surface area contributed by atoms with Crippen LogP contribution in [0.5, 0.6) is 0 Å². The summed E-state index contributed by atoms with van der Waals surface area (Å²) in [4.78, 5) is 4.41. The number of hydrogen-bond donors (Lipinski definition) is 1. The van der Waals surface area contributed by atoms with Crippen molar-refractivity contribution in [2.24, 2.45) is 10.4 Å². The number of hydrogen-bond acceptors (Lipinski definition) is 3. The number of nitrogens with zero attached hydrogens (tertiary/aromatic N) is 3. The van der Waals surface area contributed by atoms with Crippen molar-refractivity contribution in [3.05, 3.63) is 23.7 Å². The Morgan fingerprint density at radius 2 is 2.06 bits per heavy atom. The number of allylic oxidation sites excluding steroid dienone is 1. The largest absolute Gasteiger partial charge is 0.507 e. The number of aromatic nitrogens is 2. The first-order valence-electron chi connectivity index (χ1n) is 6.01. The van der Waals surface area contributed by atoms with Gasteiger partial charge in [-0.3, -0.25) is 0 Å². The molecular weight excluding hydrogens is 406 g/mol. The number of aryl methyl sites for hydroxylation is 1. The maximum Gasteiger partial charge on any atom is 0.192 e. The Bertz CT molecular complexity index is 500. The van der Waals surface area contributed by atoms with Gasteiger partial charge in [0, 0.05) is 32.0 Å². The van der Waals surface area contributed by atoms with E-state index in [4.69, 9.17) is 0 Å². The molecule has 1 aliphatic rings. The van der Waals surface area contributed by atoms with Gasteiger partial charge in [-0.2, -0.15) is 5.10 Å². The molecule has 1 aromatic rings. The van der Waals surface area contributed by atoms with Crippen molar-refractivity contribution in [1.29, 1.82) is 0 Å². The molecule has 0 aromatic carbocycles. The second-order valence-electron chi connectivity index (χ2n) is 5.00. The van der Waals surface area contributed by atoms with Crippen LogP contribution in [0, 0.1) is 5.41 Å². The predicted molar refractivity (Wildman–Crippen MR) is 69.0 cm³/mol. The standard InChI is InChI=1S/C13H19N3O.Ir/c1-5-6-10-7-8-16(15-10)12-11(17)13(3,4)9(2)14-12;/h7-8,17H,5-6H2,1-4H3;. The van der Waals surface area contributed by atoms with Crippen molar-refractivity contribution in [3.63, 3.8) is 0 Å². The Morgan fingerprint density at radius 1 is 1.39 bits per heavy atom. The summed E-state index contributed by atoms with van der Waals surface area (Å²) in [6.07, 6.45) is 3.87. The van der Waals surface area contributed by atoms with Crippen LogP contribution in [0.2, 0.25) is 0 Å². The number of aliphatic imine (C=N–C) groups is 1. The first-order valence-corrected chi connectivity index (χ1v) is 6.01. The second-order valence-corrected chi connectivity index (χ2v) is 5.00. The van der Waals surface area contributed by atoms with Gasteiger partial charge in [0.05, 0.1) is 11.1 Å². The average Bonchev–Trinajstić information content (AvgIpc) is 2.79. The monoisotopic (exact) mass is 426 g/mol. The van der Waals surface area contributed by atoms with Gasteiger partial charge in [0.15, 0.2) is 5.82 Å². The first-order chi connectivity index (χ1) is 7.96. The van der Waals surface area contributed by atoms with E-state index in [0.29, 0.717) is 11.6 Å². The fourth-order valence-electron chi connectivity index (χ4n) is 1.83. The third-order valence-corrected chi connectivity index (χ3v) is 3.35. The Labute approximate surface area is 121 Å². The van der Waals surface area contributed by atoms with E-state index in [1.165, 1.54) is 0 Å². The Kier molecular flexibility index (Phi) is 4.51. The number of aliphatic hydroxyl groups is 1. The molecule has 0 fully saturated rings. The van der Waals surface area contributed by atoms with E-state index in [1.807, 2.05) is 33.0 Å². The topological polar surface area (TPSA) is 50.4 Å². The molecule has 1 N–H and O–H groups in total. The van der Waals surface area contributed by atoms with Gasteiger partial charge in [-0.15, -0.1) is 0 Å². The van der Waals surface area contributed by atoms with Gasteiger partial charge in [-0.05, 0) is 33.3 Å². The predicted octanol–water partition coefficient (Wildman–Crippen LogP) is 3.02. The normalized spacial score (nSPS) is 17.7. The average molecular weight is 426 g/mol. The maximum atomic E-state index is 10.2. The summed E-state index contributed by atoms with van der Waals surface area (Å²) >= 11 is 0. The zero-order chi connectivity index (χ0) is 12.6. The van der Waals surface area contributed by atoms with Crippen LogP contribution in [0.1, 0.15) is 39.8 Å². The van der Waals surface area contributed by atoms with Crippen LogP contribution in [0.4, 0.5) is 0 Å². The summed E-state index contributed by atoms with van der Waals surface area (Å²) in [5.41, 5.74) is 1.56. The number of aliphatic hydroxyl groups excluding tert-OH is 1. The Balaban J connectivity index is 0.00000162. The molecule has 18 heavy (non-hydrogen) atoms. The van der Waals surface area contributed by atoms with Gasteiger partial charge < -0.3 is 5.11 Å². The van der Waals surface area contributed by atoms with E-state index in [0.717, 1.165) is 24.2 Å². The van der Waals surface area contributed by atoms with Crippen molar-refractivity contribution in [1.82, 2.24) is 9.78 Å². The van der Waals surface area contributed by atoms with Gasteiger partial charge in [0.25, 0.3) is 0 Å². The van der Waals surface area contributed by atoms with Gasteiger partial charge in [0.1, 0.15) is 5.76 Å². The van der Waals surface area contributed by atoms with Crippen LogP contribution < -0.4 is 0 Å². The maximum absolute atomic E-state index is 10.2. The quantitative estimate of drug-likeness (QED) is 0.810. The van der Waals surface area contributed by atoms with Crippen molar-refractivity contribution in [2.75, 3.05) is 0 Å².